The van der Waals surface area contributed by atoms with Crippen LogP contribution in [0.3, 0.4) is 0 Å². The Labute approximate surface area is 186 Å². The molecule has 28 heavy (non-hydrogen) atoms. The van der Waals surface area contributed by atoms with Gasteiger partial charge in [-0.3, -0.25) is 9.79 Å². The molecule has 1 aromatic carbocycles. The maximum atomic E-state index is 13.5. The number of halogens is 2. The Hall–Kier alpha value is -1.75. The summed E-state index contributed by atoms with van der Waals surface area (Å²) in [4.78, 5) is 21.0. The number of amides is 1. The topological polar surface area (TPSA) is 78.4 Å². The molecular formula is C19H27FIN5OS. The number of aryl methyl sites for hydroxylation is 2. The fourth-order valence-electron chi connectivity index (χ4n) is 2.34. The fourth-order valence-corrected chi connectivity index (χ4v) is 2.99. The second-order valence-corrected chi connectivity index (χ2v) is 7.08. The van der Waals surface area contributed by atoms with Crippen molar-refractivity contribution < 1.29 is 9.18 Å². The standard InChI is InChI=1S/C19H26FN5OS.HI/c1-4-21-19(23-8-7-16-12-27-14(3)25-16)24-10-9-22-18(26)15-6-5-13(2)17(20)11-15;/h5-6,11-12H,4,7-10H2,1-3H3,(H,22,26)(H2,21,23,24);1H. The Balaban J connectivity index is 0.00000392. The molecule has 0 spiro atoms. The van der Waals surface area contributed by atoms with Crippen LogP contribution in [0.5, 0.6) is 0 Å². The van der Waals surface area contributed by atoms with Crippen molar-refractivity contribution in [1.82, 2.24) is 20.9 Å². The molecule has 0 saturated heterocycles. The molecule has 0 unspecified atom stereocenters. The van der Waals surface area contributed by atoms with Crippen molar-refractivity contribution in [1.29, 1.82) is 0 Å². The number of nitrogens with one attached hydrogen (secondary N) is 3. The third-order valence-corrected chi connectivity index (χ3v) is 4.61. The summed E-state index contributed by atoms with van der Waals surface area (Å²) in [5.41, 5.74) is 1.89. The first-order valence-electron chi connectivity index (χ1n) is 8.97. The largest absolute Gasteiger partial charge is 0.357 e. The zero-order valence-electron chi connectivity index (χ0n) is 16.3. The summed E-state index contributed by atoms with van der Waals surface area (Å²) in [7, 11) is 0. The Morgan fingerprint density at radius 1 is 1.21 bits per heavy atom. The predicted molar refractivity (Wildman–Crippen MR) is 123 cm³/mol. The number of hydrogen-bond donors (Lipinski definition) is 3. The van der Waals surface area contributed by atoms with Gasteiger partial charge in [0.25, 0.3) is 5.91 Å². The molecule has 0 bridgehead atoms. The average Bonchev–Trinajstić information content (AvgIpc) is 3.06. The average molecular weight is 519 g/mol. The quantitative estimate of drug-likeness (QED) is 0.217. The van der Waals surface area contributed by atoms with Crippen LogP contribution in [-0.2, 0) is 6.42 Å². The summed E-state index contributed by atoms with van der Waals surface area (Å²) in [5.74, 6) is 0.0225. The minimum atomic E-state index is -0.377. The van der Waals surface area contributed by atoms with E-state index in [-0.39, 0.29) is 35.7 Å². The van der Waals surface area contributed by atoms with E-state index in [2.05, 4.69) is 31.3 Å². The van der Waals surface area contributed by atoms with Gasteiger partial charge in [0.1, 0.15) is 5.82 Å². The fraction of sp³-hybridized carbons (Fsp3) is 0.421. The molecule has 9 heteroatoms. The number of carbonyl (C=O) groups is 1. The van der Waals surface area contributed by atoms with E-state index in [0.29, 0.717) is 36.7 Å². The highest BCUT2D eigenvalue weighted by atomic mass is 127. The summed E-state index contributed by atoms with van der Waals surface area (Å²) in [6.07, 6.45) is 0.788. The minimum Gasteiger partial charge on any atom is -0.357 e. The van der Waals surface area contributed by atoms with Gasteiger partial charge in [0.2, 0.25) is 0 Å². The molecule has 0 atom stereocenters. The lowest BCUT2D eigenvalue weighted by molar-refractivity contribution is 0.0954. The maximum Gasteiger partial charge on any atom is 0.251 e. The number of benzene rings is 1. The lowest BCUT2D eigenvalue weighted by Gasteiger charge is -2.12. The van der Waals surface area contributed by atoms with Gasteiger partial charge in [0, 0.05) is 43.5 Å². The lowest BCUT2D eigenvalue weighted by atomic mass is 10.1. The maximum absolute atomic E-state index is 13.5. The SMILES string of the molecule is CCNC(=NCCc1csc(C)n1)NCCNC(=O)c1ccc(C)c(F)c1.I. The number of guanidine groups is 1. The van der Waals surface area contributed by atoms with E-state index >= 15 is 0 Å². The summed E-state index contributed by atoms with van der Waals surface area (Å²) in [5, 5.41) is 12.2. The van der Waals surface area contributed by atoms with Gasteiger partial charge < -0.3 is 16.0 Å². The molecule has 0 aliphatic carbocycles. The zero-order chi connectivity index (χ0) is 19.6. The predicted octanol–water partition coefficient (Wildman–Crippen LogP) is 3.04. The molecule has 0 radical (unpaired) electrons. The van der Waals surface area contributed by atoms with Crippen molar-refractivity contribution >= 4 is 47.2 Å². The van der Waals surface area contributed by atoms with Crippen LogP contribution in [0.25, 0.3) is 0 Å². The first kappa shape index (κ1) is 24.3. The Kier molecular flexibility index (Phi) is 11.0. The number of aromatic nitrogens is 1. The number of carbonyl (C=O) groups excluding carboxylic acids is 1. The number of nitrogens with zero attached hydrogens (tertiary/aromatic N) is 2. The van der Waals surface area contributed by atoms with E-state index < -0.39 is 0 Å². The summed E-state index contributed by atoms with van der Waals surface area (Å²) >= 11 is 1.64. The van der Waals surface area contributed by atoms with Crippen molar-refractivity contribution in [3.63, 3.8) is 0 Å². The summed E-state index contributed by atoms with van der Waals surface area (Å²) in [6.45, 7) is 7.95. The van der Waals surface area contributed by atoms with E-state index in [4.69, 9.17) is 0 Å². The molecule has 3 N–H and O–H groups in total. The van der Waals surface area contributed by atoms with Gasteiger partial charge in [-0.1, -0.05) is 6.07 Å². The Morgan fingerprint density at radius 2 is 1.96 bits per heavy atom. The van der Waals surface area contributed by atoms with Crippen LogP contribution >= 0.6 is 35.3 Å². The van der Waals surface area contributed by atoms with Crippen molar-refractivity contribution in [3.05, 3.63) is 51.2 Å². The highest BCUT2D eigenvalue weighted by molar-refractivity contribution is 14.0. The smallest absolute Gasteiger partial charge is 0.251 e. The van der Waals surface area contributed by atoms with Crippen LogP contribution < -0.4 is 16.0 Å². The number of rotatable bonds is 8. The zero-order valence-corrected chi connectivity index (χ0v) is 19.5. The molecule has 2 aromatic rings. The van der Waals surface area contributed by atoms with E-state index in [1.54, 1.807) is 30.4 Å². The number of aliphatic imine (C=N–C) groups is 1. The monoisotopic (exact) mass is 519 g/mol. The first-order valence-corrected chi connectivity index (χ1v) is 9.85. The minimum absolute atomic E-state index is 0. The molecule has 0 saturated carbocycles. The van der Waals surface area contributed by atoms with Crippen LogP contribution in [-0.4, -0.2) is 43.0 Å². The van der Waals surface area contributed by atoms with Crippen LogP contribution in [0.2, 0.25) is 0 Å². The van der Waals surface area contributed by atoms with Crippen molar-refractivity contribution in [2.24, 2.45) is 4.99 Å². The van der Waals surface area contributed by atoms with Crippen LogP contribution in [0.1, 0.15) is 33.5 Å². The van der Waals surface area contributed by atoms with Crippen LogP contribution in [0.15, 0.2) is 28.6 Å². The van der Waals surface area contributed by atoms with E-state index in [1.165, 1.54) is 6.07 Å². The first-order chi connectivity index (χ1) is 13.0. The second-order valence-electron chi connectivity index (χ2n) is 6.02. The molecular weight excluding hydrogens is 492 g/mol. The molecule has 0 aliphatic heterocycles. The highest BCUT2D eigenvalue weighted by Gasteiger charge is 2.07. The van der Waals surface area contributed by atoms with Gasteiger partial charge in [0.15, 0.2) is 5.96 Å². The Bertz CT molecular complexity index is 796. The number of hydrogen-bond acceptors (Lipinski definition) is 4. The van der Waals surface area contributed by atoms with Gasteiger partial charge >= 0.3 is 0 Å². The van der Waals surface area contributed by atoms with Crippen molar-refractivity contribution in [2.45, 2.75) is 27.2 Å². The van der Waals surface area contributed by atoms with Crippen LogP contribution in [0.4, 0.5) is 4.39 Å². The molecule has 1 heterocycles. The summed E-state index contributed by atoms with van der Waals surface area (Å²) < 4.78 is 13.5. The Morgan fingerprint density at radius 3 is 2.61 bits per heavy atom. The van der Waals surface area contributed by atoms with Gasteiger partial charge in [-0.25, -0.2) is 9.37 Å². The molecule has 2 rings (SSSR count). The molecule has 6 nitrogen and oxygen atoms in total. The van der Waals surface area contributed by atoms with Gasteiger partial charge in [0.05, 0.1) is 10.7 Å². The summed E-state index contributed by atoms with van der Waals surface area (Å²) in [6, 6.07) is 4.47. The van der Waals surface area contributed by atoms with Gasteiger partial charge in [-0.2, -0.15) is 0 Å². The molecule has 1 aromatic heterocycles. The third kappa shape index (κ3) is 8.09. The van der Waals surface area contributed by atoms with Gasteiger partial charge in [-0.15, -0.1) is 35.3 Å². The molecule has 1 amide bonds. The van der Waals surface area contributed by atoms with E-state index in [0.717, 1.165) is 23.7 Å². The molecule has 0 aliphatic rings. The van der Waals surface area contributed by atoms with Crippen molar-refractivity contribution in [2.75, 3.05) is 26.2 Å². The number of thiazole rings is 1. The normalized spacial score (nSPS) is 10.9. The van der Waals surface area contributed by atoms with Gasteiger partial charge in [-0.05, 0) is 38.5 Å². The molecule has 0 fully saturated rings. The highest BCUT2D eigenvalue weighted by Crippen LogP contribution is 2.09. The lowest BCUT2D eigenvalue weighted by Crippen LogP contribution is -2.41. The molecule has 154 valence electrons. The van der Waals surface area contributed by atoms with Crippen LogP contribution in [0, 0.1) is 19.7 Å². The van der Waals surface area contributed by atoms with Crippen molar-refractivity contribution in [3.8, 4) is 0 Å². The third-order valence-electron chi connectivity index (χ3n) is 3.79. The van der Waals surface area contributed by atoms with E-state index in [1.807, 2.05) is 13.8 Å². The second kappa shape index (κ2) is 12.7. The van der Waals surface area contributed by atoms with E-state index in [9.17, 15) is 9.18 Å².